The number of nitrogens with one attached hydrogen (secondary N) is 1. The molecule has 0 spiro atoms. The van der Waals surface area contributed by atoms with Crippen molar-refractivity contribution in [2.45, 2.75) is 6.92 Å². The van der Waals surface area contributed by atoms with Gasteiger partial charge in [0.2, 0.25) is 0 Å². The molecule has 0 saturated heterocycles. The largest absolute Gasteiger partial charge is 0.461 e. The summed E-state index contributed by atoms with van der Waals surface area (Å²) < 4.78 is 5.14. The van der Waals surface area contributed by atoms with Gasteiger partial charge >= 0.3 is 5.97 Å². The molecule has 0 aliphatic heterocycles. The van der Waals surface area contributed by atoms with Crippen LogP contribution in [0.5, 0.6) is 0 Å². The fraction of sp³-hybridized carbons (Fsp3) is 0.462. The predicted molar refractivity (Wildman–Crippen MR) is 69.4 cm³/mol. The number of ether oxygens (including phenoxy) is 1. The van der Waals surface area contributed by atoms with Gasteiger partial charge in [-0.2, -0.15) is 0 Å². The number of hydrogen-bond acceptors (Lipinski definition) is 4. The van der Waals surface area contributed by atoms with Gasteiger partial charge in [-0.3, -0.25) is 0 Å². The lowest BCUT2D eigenvalue weighted by molar-refractivity contribution is 0.0482. The van der Waals surface area contributed by atoms with Crippen LogP contribution in [0.15, 0.2) is 24.3 Å². The molecule has 1 aromatic carbocycles. The molecule has 0 heterocycles. The van der Waals surface area contributed by atoms with Crippen molar-refractivity contribution in [3.8, 4) is 0 Å². The van der Waals surface area contributed by atoms with Gasteiger partial charge in [-0.15, -0.1) is 0 Å². The summed E-state index contributed by atoms with van der Waals surface area (Å²) in [5.74, 6) is -0.269. The van der Waals surface area contributed by atoms with Gasteiger partial charge in [-0.25, -0.2) is 4.79 Å². The Labute approximate surface area is 103 Å². The molecule has 0 amide bonds. The highest BCUT2D eigenvalue weighted by Gasteiger charge is 2.06. The van der Waals surface area contributed by atoms with Crippen LogP contribution >= 0.6 is 0 Å². The van der Waals surface area contributed by atoms with Gasteiger partial charge < -0.3 is 15.0 Å². The van der Waals surface area contributed by atoms with Gasteiger partial charge in [-0.05, 0) is 45.3 Å². The molecule has 0 aliphatic carbocycles. The summed E-state index contributed by atoms with van der Waals surface area (Å²) in [4.78, 5) is 13.6. The second-order valence-corrected chi connectivity index (χ2v) is 4.05. The summed E-state index contributed by atoms with van der Waals surface area (Å²) in [5, 5.41) is 3.17. The molecule has 0 aliphatic rings. The minimum Gasteiger partial charge on any atom is -0.461 e. The number of benzene rings is 1. The van der Waals surface area contributed by atoms with Crippen LogP contribution in [0.25, 0.3) is 0 Å². The van der Waals surface area contributed by atoms with Crippen molar-refractivity contribution in [2.75, 3.05) is 39.1 Å². The van der Waals surface area contributed by atoms with E-state index in [0.29, 0.717) is 12.2 Å². The number of carbonyl (C=O) groups excluding carboxylic acids is 1. The van der Waals surface area contributed by atoms with Crippen molar-refractivity contribution >= 4 is 11.7 Å². The Balaban J connectivity index is 2.46. The molecule has 0 unspecified atom stereocenters. The lowest BCUT2D eigenvalue weighted by Crippen LogP contribution is -2.20. The summed E-state index contributed by atoms with van der Waals surface area (Å²) >= 11 is 0. The van der Waals surface area contributed by atoms with Crippen LogP contribution in [0.3, 0.4) is 0 Å². The minimum absolute atomic E-state index is 0.269. The summed E-state index contributed by atoms with van der Waals surface area (Å²) in [7, 11) is 3.89. The molecule has 0 saturated carbocycles. The number of nitrogens with zero attached hydrogens (tertiary/aromatic N) is 1. The minimum atomic E-state index is -0.269. The van der Waals surface area contributed by atoms with Crippen molar-refractivity contribution in [2.24, 2.45) is 0 Å². The zero-order chi connectivity index (χ0) is 12.7. The highest BCUT2D eigenvalue weighted by molar-refractivity contribution is 5.89. The molecule has 94 valence electrons. The maximum atomic E-state index is 11.6. The van der Waals surface area contributed by atoms with Gasteiger partial charge in [0.15, 0.2) is 0 Å². The second kappa shape index (κ2) is 6.91. The topological polar surface area (TPSA) is 41.6 Å². The molecule has 0 atom stereocenters. The lowest BCUT2D eigenvalue weighted by Gasteiger charge is -2.10. The number of rotatable bonds is 6. The van der Waals surface area contributed by atoms with Crippen molar-refractivity contribution in [1.82, 2.24) is 4.90 Å². The molecule has 4 heteroatoms. The van der Waals surface area contributed by atoms with E-state index in [4.69, 9.17) is 4.74 Å². The van der Waals surface area contributed by atoms with Crippen LogP contribution in [0.4, 0.5) is 5.69 Å². The first-order valence-electron chi connectivity index (χ1n) is 5.79. The van der Waals surface area contributed by atoms with Crippen molar-refractivity contribution < 1.29 is 9.53 Å². The molecule has 0 fully saturated rings. The van der Waals surface area contributed by atoms with Crippen LogP contribution in [0.1, 0.15) is 17.3 Å². The SMILES string of the molecule is CCNc1ccc(C(=O)OCCN(C)C)cc1. The van der Waals surface area contributed by atoms with Gasteiger partial charge in [0.25, 0.3) is 0 Å². The smallest absolute Gasteiger partial charge is 0.338 e. The molecular formula is C13H20N2O2. The molecule has 17 heavy (non-hydrogen) atoms. The fourth-order valence-electron chi connectivity index (χ4n) is 1.33. The Bertz CT molecular complexity index is 347. The van der Waals surface area contributed by atoms with E-state index in [-0.39, 0.29) is 5.97 Å². The third-order valence-corrected chi connectivity index (χ3v) is 2.27. The van der Waals surface area contributed by atoms with Crippen LogP contribution < -0.4 is 5.32 Å². The van der Waals surface area contributed by atoms with Gasteiger partial charge in [0, 0.05) is 18.8 Å². The number of likely N-dealkylation sites (N-methyl/N-ethyl adjacent to an activating group) is 1. The van der Waals surface area contributed by atoms with E-state index in [9.17, 15) is 4.79 Å². The number of carbonyl (C=O) groups is 1. The van der Waals surface area contributed by atoms with E-state index in [0.717, 1.165) is 18.8 Å². The third-order valence-electron chi connectivity index (χ3n) is 2.27. The van der Waals surface area contributed by atoms with E-state index in [1.807, 2.05) is 38.1 Å². The Hall–Kier alpha value is -1.55. The first kappa shape index (κ1) is 13.5. The number of esters is 1. The highest BCUT2D eigenvalue weighted by atomic mass is 16.5. The van der Waals surface area contributed by atoms with Crippen LogP contribution in [0, 0.1) is 0 Å². The maximum Gasteiger partial charge on any atom is 0.338 e. The quantitative estimate of drug-likeness (QED) is 0.765. The van der Waals surface area contributed by atoms with E-state index in [1.54, 1.807) is 12.1 Å². The highest BCUT2D eigenvalue weighted by Crippen LogP contribution is 2.10. The summed E-state index contributed by atoms with van der Waals surface area (Å²) in [6, 6.07) is 7.31. The average Bonchev–Trinajstić information content (AvgIpc) is 2.30. The molecule has 4 nitrogen and oxygen atoms in total. The number of hydrogen-bond donors (Lipinski definition) is 1. The first-order chi connectivity index (χ1) is 8.13. The first-order valence-corrected chi connectivity index (χ1v) is 5.79. The fourth-order valence-corrected chi connectivity index (χ4v) is 1.33. The molecular weight excluding hydrogens is 216 g/mol. The van der Waals surface area contributed by atoms with Crippen LogP contribution in [0.2, 0.25) is 0 Å². The summed E-state index contributed by atoms with van der Waals surface area (Å²) in [5.41, 5.74) is 1.60. The molecule has 1 rings (SSSR count). The Morgan fingerprint density at radius 2 is 1.94 bits per heavy atom. The molecule has 0 aromatic heterocycles. The van der Waals surface area contributed by atoms with Crippen molar-refractivity contribution in [3.05, 3.63) is 29.8 Å². The molecule has 0 radical (unpaired) electrons. The predicted octanol–water partition coefficient (Wildman–Crippen LogP) is 1.84. The second-order valence-electron chi connectivity index (χ2n) is 4.05. The average molecular weight is 236 g/mol. The van der Waals surface area contributed by atoms with Gasteiger partial charge in [0.1, 0.15) is 6.61 Å². The summed E-state index contributed by atoms with van der Waals surface area (Å²) in [6.45, 7) is 4.05. The van der Waals surface area contributed by atoms with E-state index < -0.39 is 0 Å². The number of anilines is 1. The Kier molecular flexibility index (Phi) is 5.49. The zero-order valence-electron chi connectivity index (χ0n) is 10.7. The van der Waals surface area contributed by atoms with E-state index >= 15 is 0 Å². The summed E-state index contributed by atoms with van der Waals surface area (Å²) in [6.07, 6.45) is 0. The molecule has 0 bridgehead atoms. The standard InChI is InChI=1S/C13H20N2O2/c1-4-14-12-7-5-11(6-8-12)13(16)17-10-9-15(2)3/h5-8,14H,4,9-10H2,1-3H3. The van der Waals surface area contributed by atoms with E-state index in [1.165, 1.54) is 0 Å². The van der Waals surface area contributed by atoms with Gasteiger partial charge in [-0.1, -0.05) is 0 Å². The monoisotopic (exact) mass is 236 g/mol. The molecule has 1 N–H and O–H groups in total. The Morgan fingerprint density at radius 3 is 2.47 bits per heavy atom. The zero-order valence-corrected chi connectivity index (χ0v) is 10.7. The maximum absolute atomic E-state index is 11.6. The van der Waals surface area contributed by atoms with E-state index in [2.05, 4.69) is 5.32 Å². The Morgan fingerprint density at radius 1 is 1.29 bits per heavy atom. The van der Waals surface area contributed by atoms with Crippen LogP contribution in [-0.4, -0.2) is 44.7 Å². The van der Waals surface area contributed by atoms with Crippen molar-refractivity contribution in [3.63, 3.8) is 0 Å². The normalized spacial score (nSPS) is 10.4. The lowest BCUT2D eigenvalue weighted by atomic mass is 10.2. The van der Waals surface area contributed by atoms with Crippen molar-refractivity contribution in [1.29, 1.82) is 0 Å². The van der Waals surface area contributed by atoms with Crippen LogP contribution in [-0.2, 0) is 4.74 Å². The van der Waals surface area contributed by atoms with Gasteiger partial charge in [0.05, 0.1) is 5.56 Å². The third kappa shape index (κ3) is 4.87. The molecule has 1 aromatic rings.